The first kappa shape index (κ1) is 108. The van der Waals surface area contributed by atoms with Crippen molar-refractivity contribution in [2.45, 2.75) is 0 Å². The van der Waals surface area contributed by atoms with Crippen molar-refractivity contribution >= 4 is 0 Å². The standard InChI is InChI=1S/5CN.Fe.2K.NO.2H2O/c5*1-2;;;;1-2;;/h;;;;;;;;;2*1H2/q5*-1;+2;3*+1;;. The summed E-state index contributed by atoms with van der Waals surface area (Å²) in [6.07, 6.45) is 0. The molecule has 0 heterocycles. The molecule has 0 aliphatic heterocycles. The van der Waals surface area contributed by atoms with Crippen LogP contribution in [-0.2, 0) is 21.8 Å². The van der Waals surface area contributed by atoms with Crippen LogP contribution in [0.1, 0.15) is 0 Å². The van der Waals surface area contributed by atoms with E-state index in [1.165, 1.54) is 0 Å². The molecule has 0 rings (SSSR count). The zero-order valence-electron chi connectivity index (χ0n) is 8.95. The molecule has 0 bridgehead atoms. The van der Waals surface area contributed by atoms with Gasteiger partial charge in [-0.1, -0.05) is 0 Å². The van der Waals surface area contributed by atoms with Crippen molar-refractivity contribution in [1.29, 1.82) is 31.8 Å². The van der Waals surface area contributed by atoms with Crippen LogP contribution >= 0.6 is 0 Å². The van der Waals surface area contributed by atoms with E-state index < -0.39 is 0 Å². The van der Waals surface area contributed by atoms with Crippen molar-refractivity contribution in [3.05, 3.63) is 32.9 Å². The van der Waals surface area contributed by atoms with Gasteiger partial charge >= 0.3 is 130 Å². The van der Waals surface area contributed by atoms with Crippen LogP contribution in [0.3, 0.4) is 0 Å². The molecule has 0 aromatic carbocycles. The molecule has 0 saturated heterocycles. The van der Waals surface area contributed by atoms with Gasteiger partial charge in [0.05, 0.1) is 0 Å². The van der Waals surface area contributed by atoms with Crippen molar-refractivity contribution < 1.29 is 136 Å². The molecule has 0 aliphatic carbocycles. The van der Waals surface area contributed by atoms with Crippen LogP contribution in [0.5, 0.6) is 0 Å². The van der Waals surface area contributed by atoms with E-state index in [2.05, 4.69) is 0 Å². The van der Waals surface area contributed by atoms with Crippen molar-refractivity contribution in [2.24, 2.45) is 0 Å². The van der Waals surface area contributed by atoms with E-state index in [0.717, 1.165) is 0 Å². The van der Waals surface area contributed by atoms with Crippen molar-refractivity contribution in [3.63, 3.8) is 0 Å². The van der Waals surface area contributed by atoms with Gasteiger partial charge < -0.3 is 70.1 Å². The predicted octanol–water partition coefficient (Wildman–Crippen LogP) is -7.27. The molecule has 0 aromatic rings. The SMILES string of the molecule is N#[O+].O.O.[C-]#N.[C-]#N.[C-]#N.[C-]#N.[C-]#N.[Fe+2].[K+].[K+]. The number of nitrogens with zero attached hydrogens (tertiary/aromatic N) is 6. The second kappa shape index (κ2) is 6090. The fourth-order valence-corrected chi connectivity index (χ4v) is 0. The Morgan fingerprint density at radius 1 is 0.471 bits per heavy atom. The van der Waals surface area contributed by atoms with E-state index in [1.54, 1.807) is 0 Å². The van der Waals surface area contributed by atoms with Gasteiger partial charge in [0.2, 0.25) is 0 Å². The molecule has 0 aliphatic rings. The van der Waals surface area contributed by atoms with Crippen LogP contribution < -0.4 is 103 Å². The Morgan fingerprint density at radius 3 is 0.471 bits per heavy atom. The van der Waals surface area contributed by atoms with E-state index in [0.29, 0.717) is 0 Å². The maximum Gasteiger partial charge on any atom is 2.00 e. The molecule has 17 heavy (non-hydrogen) atoms. The van der Waals surface area contributed by atoms with Gasteiger partial charge in [-0.05, 0) is 0 Å². The maximum absolute atomic E-state index is 7.25. The molecule has 0 fully saturated rings. The molecular formula is C5H4FeK2N6O3. The van der Waals surface area contributed by atoms with Crippen molar-refractivity contribution in [1.82, 2.24) is 0 Å². The van der Waals surface area contributed by atoms with Gasteiger partial charge in [0.25, 0.3) is 0 Å². The zero-order chi connectivity index (χ0) is 12.0. The van der Waals surface area contributed by atoms with E-state index in [9.17, 15) is 0 Å². The summed E-state index contributed by atoms with van der Waals surface area (Å²) in [7, 11) is 0. The second-order valence-electron chi connectivity index (χ2n) is 0. The first-order valence-electron chi connectivity index (χ1n) is 1.30. The third-order valence-electron chi connectivity index (χ3n) is 0. The van der Waals surface area contributed by atoms with Crippen LogP contribution in [-0.4, -0.2) is 11.0 Å². The average molecular weight is 330 g/mol. The fourth-order valence-electron chi connectivity index (χ4n) is 0. The van der Waals surface area contributed by atoms with Crippen molar-refractivity contribution in [2.75, 3.05) is 0 Å². The third kappa shape index (κ3) is 5350. The van der Waals surface area contributed by atoms with Crippen LogP contribution in [0.15, 0.2) is 0 Å². The Balaban J connectivity index is -0.00000000267. The number of hydrogen-bond acceptors (Lipinski definition) is 6. The van der Waals surface area contributed by atoms with Crippen LogP contribution in [0.25, 0.3) is 0 Å². The first-order valence-corrected chi connectivity index (χ1v) is 1.30. The predicted molar refractivity (Wildman–Crippen MR) is 34.5 cm³/mol. The molecule has 0 saturated carbocycles. The number of rotatable bonds is 0. The van der Waals surface area contributed by atoms with E-state index in [4.69, 9.17) is 69.4 Å². The second-order valence-corrected chi connectivity index (χ2v) is 0. The summed E-state index contributed by atoms with van der Waals surface area (Å²) in [4.78, 5) is 0. The molecule has 12 heteroatoms. The summed E-state index contributed by atoms with van der Waals surface area (Å²) in [5.41, 5.74) is 5.75. The fraction of sp³-hybridized carbons (Fsp3) is 0. The smallest absolute Gasteiger partial charge is 0.512 e. The molecule has 0 atom stereocenters. The normalized spacial score (nSPS) is 0.706. The van der Waals surface area contributed by atoms with Gasteiger partial charge in [-0.2, -0.15) is 0 Å². The van der Waals surface area contributed by atoms with Crippen LogP contribution in [0.2, 0.25) is 0 Å². The van der Waals surface area contributed by atoms with Crippen molar-refractivity contribution in [3.8, 4) is 0 Å². The molecule has 82 valence electrons. The van der Waals surface area contributed by atoms with Crippen LogP contribution in [0, 0.1) is 64.6 Å². The first-order chi connectivity index (χ1) is 6.00. The topological polar surface area (TPSA) is 226 Å². The molecule has 0 aromatic heterocycles. The summed E-state index contributed by atoms with van der Waals surface area (Å²) in [6.45, 7) is 23.8. The summed E-state index contributed by atoms with van der Waals surface area (Å²) in [5, 5.41) is 31.2. The van der Waals surface area contributed by atoms with Gasteiger partial charge in [0.1, 0.15) is 0 Å². The Hall–Kier alpha value is 0.832. The molecular weight excluding hydrogens is 326 g/mol. The average Bonchev–Trinajstić information content (AvgIpc) is 2.33. The Bertz CT molecular complexity index is 111. The van der Waals surface area contributed by atoms with E-state index in [1.807, 2.05) is 0 Å². The molecule has 0 amide bonds. The monoisotopic (exact) mass is 330 g/mol. The van der Waals surface area contributed by atoms with Gasteiger partial charge in [0, 0.05) is 0 Å². The van der Waals surface area contributed by atoms with Gasteiger partial charge in [-0.3, -0.25) is 0 Å². The Morgan fingerprint density at radius 2 is 0.471 bits per heavy atom. The van der Waals surface area contributed by atoms with Gasteiger partial charge in [0.15, 0.2) is 0 Å². The largest absolute Gasteiger partial charge is 2.00 e. The van der Waals surface area contributed by atoms with E-state index in [-0.39, 0.29) is 131 Å². The molecule has 0 radical (unpaired) electrons. The zero-order valence-corrected chi connectivity index (χ0v) is 16.3. The minimum atomic E-state index is 0. The third-order valence-corrected chi connectivity index (χ3v) is 0. The summed E-state index contributed by atoms with van der Waals surface area (Å²) in [5.74, 6) is 0. The number of hydrogen-bond donors (Lipinski definition) is 0. The van der Waals surface area contributed by atoms with Crippen LogP contribution in [0.4, 0.5) is 0 Å². The Labute approximate surface area is 196 Å². The minimum absolute atomic E-state index is 0. The van der Waals surface area contributed by atoms with Gasteiger partial charge in [-0.15, -0.1) is 0 Å². The van der Waals surface area contributed by atoms with Gasteiger partial charge in [-0.25, -0.2) is 0 Å². The molecule has 0 unspecified atom stereocenters. The minimum Gasteiger partial charge on any atom is -0.512 e. The molecule has 9 nitrogen and oxygen atoms in total. The summed E-state index contributed by atoms with van der Waals surface area (Å²) >= 11 is 0. The summed E-state index contributed by atoms with van der Waals surface area (Å²) < 4.78 is 7.25. The Kier molecular flexibility index (Phi) is 38800. The van der Waals surface area contributed by atoms with E-state index >= 15 is 0 Å². The molecule has 4 N–H and O–H groups in total. The maximum atomic E-state index is 7.25. The summed E-state index contributed by atoms with van der Waals surface area (Å²) in [6, 6.07) is 0. The molecule has 0 spiro atoms. The quantitative estimate of drug-likeness (QED) is 0.238.